The molecule has 0 aliphatic carbocycles. The number of halogens is 1. The van der Waals surface area contributed by atoms with E-state index in [4.69, 9.17) is 11.6 Å². The molecule has 0 saturated carbocycles. The highest BCUT2D eigenvalue weighted by molar-refractivity contribution is 6.33. The number of nitrogens with zero attached hydrogens (tertiary/aromatic N) is 1. The van der Waals surface area contributed by atoms with Gasteiger partial charge in [-0.05, 0) is 11.6 Å². The minimum absolute atomic E-state index is 0.608. The van der Waals surface area contributed by atoms with E-state index in [9.17, 15) is 4.79 Å². The summed E-state index contributed by atoms with van der Waals surface area (Å²) in [5.74, 6) is 0. The number of aromatic nitrogens is 1. The first kappa shape index (κ1) is 9.87. The molecule has 0 atom stereocenters. The largest absolute Gasteiger partial charge is 0.298 e. The van der Waals surface area contributed by atoms with Crippen molar-refractivity contribution >= 4 is 17.9 Å². The Bertz CT molecular complexity index is 479. The molecule has 0 saturated heterocycles. The van der Waals surface area contributed by atoms with Crippen molar-refractivity contribution in [1.29, 1.82) is 0 Å². The van der Waals surface area contributed by atoms with Crippen LogP contribution in [-0.4, -0.2) is 11.3 Å². The van der Waals surface area contributed by atoms with Crippen molar-refractivity contribution < 1.29 is 4.79 Å². The van der Waals surface area contributed by atoms with Crippen LogP contribution in [0.15, 0.2) is 42.7 Å². The van der Waals surface area contributed by atoms with Gasteiger partial charge in [0.15, 0.2) is 0 Å². The third-order valence-electron chi connectivity index (χ3n) is 2.13. The predicted molar refractivity (Wildman–Crippen MR) is 60.1 cm³/mol. The lowest BCUT2D eigenvalue weighted by molar-refractivity contribution is 0.112. The van der Waals surface area contributed by atoms with Crippen LogP contribution < -0.4 is 0 Å². The fourth-order valence-electron chi connectivity index (χ4n) is 1.35. The molecule has 0 aliphatic heterocycles. The molecule has 0 fully saturated rings. The number of rotatable bonds is 2. The molecule has 0 amide bonds. The second kappa shape index (κ2) is 4.24. The van der Waals surface area contributed by atoms with E-state index < -0.39 is 0 Å². The summed E-state index contributed by atoms with van der Waals surface area (Å²) in [7, 11) is 0. The Morgan fingerprint density at radius 3 is 2.47 bits per heavy atom. The standard InChI is InChI=1S/C12H8ClNO/c13-12-7-14-6-5-11(12)10-3-1-9(8-15)2-4-10/h1-8H. The maximum atomic E-state index is 10.5. The molecule has 15 heavy (non-hydrogen) atoms. The Morgan fingerprint density at radius 1 is 1.13 bits per heavy atom. The summed E-state index contributed by atoms with van der Waals surface area (Å²) in [6.45, 7) is 0. The van der Waals surface area contributed by atoms with Crippen molar-refractivity contribution in [2.45, 2.75) is 0 Å². The van der Waals surface area contributed by atoms with Crippen molar-refractivity contribution in [2.24, 2.45) is 0 Å². The SMILES string of the molecule is O=Cc1ccc(-c2ccncc2Cl)cc1. The van der Waals surface area contributed by atoms with E-state index in [1.165, 1.54) is 0 Å². The Hall–Kier alpha value is -1.67. The zero-order valence-electron chi connectivity index (χ0n) is 7.85. The maximum absolute atomic E-state index is 10.5. The van der Waals surface area contributed by atoms with Crippen molar-refractivity contribution in [3.05, 3.63) is 53.3 Å². The first-order valence-corrected chi connectivity index (χ1v) is 4.84. The van der Waals surface area contributed by atoms with Crippen molar-refractivity contribution in [3.63, 3.8) is 0 Å². The lowest BCUT2D eigenvalue weighted by Gasteiger charge is -2.03. The Balaban J connectivity index is 2.46. The molecule has 2 aromatic rings. The zero-order chi connectivity index (χ0) is 10.7. The van der Waals surface area contributed by atoms with Gasteiger partial charge in [-0.2, -0.15) is 0 Å². The van der Waals surface area contributed by atoms with Crippen LogP contribution in [0.4, 0.5) is 0 Å². The van der Waals surface area contributed by atoms with Crippen LogP contribution in [0.2, 0.25) is 5.02 Å². The quantitative estimate of drug-likeness (QED) is 0.723. The van der Waals surface area contributed by atoms with Crippen LogP contribution in [-0.2, 0) is 0 Å². The highest BCUT2D eigenvalue weighted by Crippen LogP contribution is 2.26. The van der Waals surface area contributed by atoms with Gasteiger partial charge in [-0.25, -0.2) is 0 Å². The van der Waals surface area contributed by atoms with E-state index in [-0.39, 0.29) is 0 Å². The normalized spacial score (nSPS) is 9.93. The molecular formula is C12H8ClNO. The van der Waals surface area contributed by atoms with Crippen LogP contribution >= 0.6 is 11.6 Å². The van der Waals surface area contributed by atoms with Gasteiger partial charge in [0, 0.05) is 23.5 Å². The van der Waals surface area contributed by atoms with Gasteiger partial charge in [-0.15, -0.1) is 0 Å². The molecule has 2 nitrogen and oxygen atoms in total. The Kier molecular flexibility index (Phi) is 2.79. The van der Waals surface area contributed by atoms with Gasteiger partial charge >= 0.3 is 0 Å². The minimum Gasteiger partial charge on any atom is -0.298 e. The van der Waals surface area contributed by atoms with Gasteiger partial charge in [0.2, 0.25) is 0 Å². The maximum Gasteiger partial charge on any atom is 0.150 e. The molecule has 0 spiro atoms. The first-order valence-electron chi connectivity index (χ1n) is 4.46. The number of pyridine rings is 1. The average Bonchev–Trinajstić information content (AvgIpc) is 2.30. The van der Waals surface area contributed by atoms with Gasteiger partial charge in [0.05, 0.1) is 5.02 Å². The summed E-state index contributed by atoms with van der Waals surface area (Å²) >= 11 is 6.00. The third kappa shape index (κ3) is 2.05. The predicted octanol–water partition coefficient (Wildman–Crippen LogP) is 3.21. The molecule has 0 radical (unpaired) electrons. The van der Waals surface area contributed by atoms with E-state index in [0.29, 0.717) is 10.6 Å². The monoisotopic (exact) mass is 217 g/mol. The number of hydrogen-bond acceptors (Lipinski definition) is 2. The lowest BCUT2D eigenvalue weighted by Crippen LogP contribution is -1.83. The third-order valence-corrected chi connectivity index (χ3v) is 2.43. The van der Waals surface area contributed by atoms with Gasteiger partial charge in [0.25, 0.3) is 0 Å². The van der Waals surface area contributed by atoms with Crippen LogP contribution in [0.25, 0.3) is 11.1 Å². The summed E-state index contributed by atoms with van der Waals surface area (Å²) in [6, 6.07) is 9.10. The minimum atomic E-state index is 0.608. The molecule has 0 unspecified atom stereocenters. The molecule has 2 rings (SSSR count). The lowest BCUT2D eigenvalue weighted by atomic mass is 10.1. The fourth-order valence-corrected chi connectivity index (χ4v) is 1.58. The zero-order valence-corrected chi connectivity index (χ0v) is 8.61. The average molecular weight is 218 g/mol. The number of benzene rings is 1. The molecule has 1 heterocycles. The smallest absolute Gasteiger partial charge is 0.150 e. The number of carbonyl (C=O) groups is 1. The molecule has 74 valence electrons. The van der Waals surface area contributed by atoms with Crippen molar-refractivity contribution in [1.82, 2.24) is 4.98 Å². The van der Waals surface area contributed by atoms with Crippen molar-refractivity contribution in [2.75, 3.05) is 0 Å². The first-order chi connectivity index (χ1) is 7.31. The van der Waals surface area contributed by atoms with Crippen molar-refractivity contribution in [3.8, 4) is 11.1 Å². The second-order valence-corrected chi connectivity index (χ2v) is 3.50. The number of carbonyl (C=O) groups excluding carboxylic acids is 1. The summed E-state index contributed by atoms with van der Waals surface area (Å²) in [5, 5.41) is 0.608. The van der Waals surface area contributed by atoms with Gasteiger partial charge in [-0.1, -0.05) is 35.9 Å². The summed E-state index contributed by atoms with van der Waals surface area (Å²) in [4.78, 5) is 14.4. The van der Waals surface area contributed by atoms with E-state index in [1.807, 2.05) is 18.2 Å². The summed E-state index contributed by atoms with van der Waals surface area (Å²) in [6.07, 6.45) is 4.11. The Morgan fingerprint density at radius 2 is 1.87 bits per heavy atom. The number of aldehydes is 1. The number of hydrogen-bond donors (Lipinski definition) is 0. The highest BCUT2D eigenvalue weighted by atomic mass is 35.5. The molecule has 3 heteroatoms. The van der Waals surface area contributed by atoms with Gasteiger partial charge in [0.1, 0.15) is 6.29 Å². The highest BCUT2D eigenvalue weighted by Gasteiger charge is 2.02. The molecule has 1 aromatic carbocycles. The topological polar surface area (TPSA) is 30.0 Å². The van der Waals surface area contributed by atoms with E-state index in [0.717, 1.165) is 17.4 Å². The van der Waals surface area contributed by atoms with E-state index in [1.54, 1.807) is 24.5 Å². The van der Waals surface area contributed by atoms with Crippen LogP contribution in [0.3, 0.4) is 0 Å². The van der Waals surface area contributed by atoms with E-state index in [2.05, 4.69) is 4.98 Å². The molecule has 0 bridgehead atoms. The fraction of sp³-hybridized carbons (Fsp3) is 0. The van der Waals surface area contributed by atoms with Gasteiger partial charge < -0.3 is 0 Å². The second-order valence-electron chi connectivity index (χ2n) is 3.10. The van der Waals surface area contributed by atoms with Crippen LogP contribution in [0, 0.1) is 0 Å². The van der Waals surface area contributed by atoms with Crippen LogP contribution in [0.5, 0.6) is 0 Å². The summed E-state index contributed by atoms with van der Waals surface area (Å²) in [5.41, 5.74) is 2.56. The Labute approximate surface area is 92.5 Å². The molecule has 1 aromatic heterocycles. The van der Waals surface area contributed by atoms with E-state index >= 15 is 0 Å². The molecule has 0 aliphatic rings. The van der Waals surface area contributed by atoms with Gasteiger partial charge in [-0.3, -0.25) is 9.78 Å². The molecular weight excluding hydrogens is 210 g/mol. The molecule has 0 N–H and O–H groups in total. The summed E-state index contributed by atoms with van der Waals surface area (Å²) < 4.78 is 0. The van der Waals surface area contributed by atoms with Crippen LogP contribution in [0.1, 0.15) is 10.4 Å².